The molecule has 2 aromatic rings. The lowest BCUT2D eigenvalue weighted by Gasteiger charge is -2.32. The summed E-state index contributed by atoms with van der Waals surface area (Å²) in [5.41, 5.74) is 1.23. The lowest BCUT2D eigenvalue weighted by atomic mass is 9.95. The van der Waals surface area contributed by atoms with Crippen LogP contribution in [0, 0.1) is 5.92 Å². The van der Waals surface area contributed by atoms with E-state index in [0.29, 0.717) is 31.4 Å². The number of nitrogens with zero attached hydrogens (tertiary/aromatic N) is 4. The second-order valence-corrected chi connectivity index (χ2v) is 13.0. The summed E-state index contributed by atoms with van der Waals surface area (Å²) in [7, 11) is 1.66. The van der Waals surface area contributed by atoms with E-state index in [1.807, 2.05) is 46.4 Å². The lowest BCUT2D eigenvalue weighted by Crippen LogP contribution is -2.41. The summed E-state index contributed by atoms with van der Waals surface area (Å²) >= 11 is 0. The molecule has 1 aromatic heterocycles. The lowest BCUT2D eigenvalue weighted by molar-refractivity contribution is -0.156. The Morgan fingerprint density at radius 1 is 0.950 bits per heavy atom. The van der Waals surface area contributed by atoms with Crippen LogP contribution in [-0.2, 0) is 14.3 Å². The van der Waals surface area contributed by atoms with Crippen LogP contribution >= 0.6 is 0 Å². The van der Waals surface area contributed by atoms with E-state index in [0.717, 1.165) is 55.2 Å². The molecule has 0 radical (unpaired) electrons. The van der Waals surface area contributed by atoms with Crippen LogP contribution in [0.5, 0.6) is 5.88 Å². The van der Waals surface area contributed by atoms with Crippen molar-refractivity contribution in [1.29, 1.82) is 0 Å². The van der Waals surface area contributed by atoms with Gasteiger partial charge in [-0.2, -0.15) is 0 Å². The predicted octanol–water partition coefficient (Wildman–Crippen LogP) is 5.68. The zero-order valence-corrected chi connectivity index (χ0v) is 25.2. The number of piperidine rings is 2. The largest absolute Gasteiger partial charge is 0.479 e. The maximum atomic E-state index is 12.3. The smallest absolute Gasteiger partial charge is 0.410 e. The van der Waals surface area contributed by atoms with Crippen LogP contribution < -0.4 is 4.74 Å². The predicted molar refractivity (Wildman–Crippen MR) is 156 cm³/mol. The molecule has 2 aliphatic heterocycles. The minimum atomic E-state index is -0.472. The van der Waals surface area contributed by atoms with Crippen LogP contribution in [0.25, 0.3) is 17.0 Å². The number of hydrogen-bond acceptors (Lipinski definition) is 7. The second-order valence-electron chi connectivity index (χ2n) is 13.0. The van der Waals surface area contributed by atoms with Crippen LogP contribution in [0.1, 0.15) is 78.8 Å². The average Bonchev–Trinajstić information content (AvgIpc) is 3.24. The number of benzene rings is 1. The molecule has 9 heteroatoms. The van der Waals surface area contributed by atoms with E-state index in [4.69, 9.17) is 19.3 Å². The highest BCUT2D eigenvalue weighted by Gasteiger charge is 2.28. The number of ether oxygens (including phenoxy) is 3. The van der Waals surface area contributed by atoms with Crippen molar-refractivity contribution in [3.63, 3.8) is 0 Å². The number of aromatic nitrogens is 2. The highest BCUT2D eigenvalue weighted by Crippen LogP contribution is 2.33. The number of methoxy groups -OCH3 is 1. The van der Waals surface area contributed by atoms with Gasteiger partial charge in [0, 0.05) is 26.2 Å². The van der Waals surface area contributed by atoms with Crippen molar-refractivity contribution >= 4 is 29.0 Å². The monoisotopic (exact) mass is 554 g/mol. The highest BCUT2D eigenvalue weighted by molar-refractivity contribution is 5.87. The molecule has 0 atom stereocenters. The molecule has 9 nitrogen and oxygen atoms in total. The molecule has 2 fully saturated rings. The molecule has 2 aliphatic rings. The van der Waals surface area contributed by atoms with Gasteiger partial charge in [-0.15, -0.1) is 5.10 Å². The van der Waals surface area contributed by atoms with Crippen LogP contribution in [0.3, 0.4) is 0 Å². The molecular formula is C31H46N4O5. The fourth-order valence-electron chi connectivity index (χ4n) is 5.39. The fourth-order valence-corrected chi connectivity index (χ4v) is 5.39. The highest BCUT2D eigenvalue weighted by atomic mass is 16.6. The van der Waals surface area contributed by atoms with Crippen LogP contribution in [0.2, 0.25) is 0 Å². The SMILES string of the molecule is COc1nn(C2CCN(CC(=O)OC(C)(C)C)CC2)c2ccc(C=CC3CCN(C(=O)OC(C)(C)C)CC3)cc12. The van der Waals surface area contributed by atoms with Gasteiger partial charge in [-0.1, -0.05) is 18.2 Å². The van der Waals surface area contributed by atoms with E-state index in [1.165, 1.54) is 0 Å². The van der Waals surface area contributed by atoms with Crippen LogP contribution in [0.4, 0.5) is 4.79 Å². The number of allylic oxidation sites excluding steroid dienone is 1. The van der Waals surface area contributed by atoms with Crippen molar-refractivity contribution in [3.8, 4) is 5.88 Å². The van der Waals surface area contributed by atoms with Gasteiger partial charge in [-0.05, 0) is 90.8 Å². The summed E-state index contributed by atoms with van der Waals surface area (Å²) in [6.07, 6.45) is 7.86. The molecule has 40 heavy (non-hydrogen) atoms. The number of fused-ring (bicyclic) bond motifs is 1. The van der Waals surface area contributed by atoms with E-state index in [9.17, 15) is 9.59 Å². The Morgan fingerprint density at radius 2 is 1.60 bits per heavy atom. The van der Waals surface area contributed by atoms with Crippen molar-refractivity contribution in [3.05, 3.63) is 29.8 Å². The van der Waals surface area contributed by atoms with Crippen molar-refractivity contribution in [2.75, 3.05) is 39.8 Å². The molecule has 0 N–H and O–H groups in total. The average molecular weight is 555 g/mol. The van der Waals surface area contributed by atoms with Gasteiger partial charge in [-0.25, -0.2) is 4.79 Å². The molecule has 0 saturated carbocycles. The molecule has 1 amide bonds. The topological polar surface area (TPSA) is 86.1 Å². The quantitative estimate of drug-likeness (QED) is 0.425. The molecule has 1 aromatic carbocycles. The van der Waals surface area contributed by atoms with E-state index < -0.39 is 11.2 Å². The Bertz CT molecular complexity index is 1210. The van der Waals surface area contributed by atoms with Gasteiger partial charge < -0.3 is 19.1 Å². The van der Waals surface area contributed by atoms with Gasteiger partial charge >= 0.3 is 12.1 Å². The van der Waals surface area contributed by atoms with Gasteiger partial charge in [0.1, 0.15) is 11.2 Å². The van der Waals surface area contributed by atoms with Crippen molar-refractivity contribution < 1.29 is 23.8 Å². The first-order valence-corrected chi connectivity index (χ1v) is 14.5. The summed E-state index contributed by atoms with van der Waals surface area (Å²) in [6, 6.07) is 6.65. The molecule has 2 saturated heterocycles. The fraction of sp³-hybridized carbons (Fsp3) is 0.645. The molecular weight excluding hydrogens is 508 g/mol. The molecule has 220 valence electrons. The van der Waals surface area contributed by atoms with Crippen LogP contribution in [0.15, 0.2) is 24.3 Å². The number of hydrogen-bond donors (Lipinski definition) is 0. The summed E-state index contributed by atoms with van der Waals surface area (Å²) in [5, 5.41) is 5.82. The number of esters is 1. The molecule has 0 bridgehead atoms. The minimum Gasteiger partial charge on any atom is -0.479 e. The number of amides is 1. The maximum Gasteiger partial charge on any atom is 0.410 e. The van der Waals surface area contributed by atoms with Gasteiger partial charge in [0.2, 0.25) is 5.88 Å². The molecule has 0 spiro atoms. The first kappa shape index (κ1) is 29.9. The van der Waals surface area contributed by atoms with Gasteiger partial charge in [-0.3, -0.25) is 14.4 Å². The van der Waals surface area contributed by atoms with Gasteiger partial charge in [0.05, 0.1) is 30.6 Å². The summed E-state index contributed by atoms with van der Waals surface area (Å²) < 4.78 is 18.8. The van der Waals surface area contributed by atoms with Crippen molar-refractivity contribution in [2.45, 2.75) is 84.5 Å². The number of carbonyl (C=O) groups is 2. The van der Waals surface area contributed by atoms with E-state index in [1.54, 1.807) is 7.11 Å². The van der Waals surface area contributed by atoms with Crippen molar-refractivity contribution in [2.24, 2.45) is 5.92 Å². The Morgan fingerprint density at radius 3 is 2.20 bits per heavy atom. The number of likely N-dealkylation sites (tertiary alicyclic amines) is 2. The van der Waals surface area contributed by atoms with Gasteiger partial charge in [0.15, 0.2) is 0 Å². The molecule has 4 rings (SSSR count). The maximum absolute atomic E-state index is 12.3. The Hall–Kier alpha value is -3.07. The minimum absolute atomic E-state index is 0.175. The normalized spacial score (nSPS) is 18.4. The molecule has 3 heterocycles. The summed E-state index contributed by atoms with van der Waals surface area (Å²) in [6.45, 7) is 14.8. The third kappa shape index (κ3) is 7.99. The number of carbonyl (C=O) groups excluding carboxylic acids is 2. The second kappa shape index (κ2) is 12.2. The zero-order valence-electron chi connectivity index (χ0n) is 25.2. The molecule has 0 unspecified atom stereocenters. The van der Waals surface area contributed by atoms with Crippen molar-refractivity contribution in [1.82, 2.24) is 19.6 Å². The van der Waals surface area contributed by atoms with E-state index >= 15 is 0 Å². The number of rotatable bonds is 6. The standard InChI is InChI=1S/C31H46N4O5/c1-30(2,3)39-27(36)21-33-16-14-24(15-17-33)35-26-11-10-23(20-25(26)28(32-35)38-7)9-8-22-12-18-34(19-13-22)29(37)40-31(4,5)6/h8-11,20,22,24H,12-19,21H2,1-7H3. The third-order valence-corrected chi connectivity index (χ3v) is 7.32. The third-order valence-electron chi connectivity index (χ3n) is 7.32. The van der Waals surface area contributed by atoms with Crippen LogP contribution in [-0.4, -0.2) is 82.7 Å². The van der Waals surface area contributed by atoms with E-state index in [2.05, 4.69) is 39.9 Å². The Kier molecular flexibility index (Phi) is 9.12. The van der Waals surface area contributed by atoms with Gasteiger partial charge in [0.25, 0.3) is 0 Å². The Labute approximate surface area is 238 Å². The first-order valence-electron chi connectivity index (χ1n) is 14.5. The summed E-state index contributed by atoms with van der Waals surface area (Å²) in [5.74, 6) is 0.878. The Balaban J connectivity index is 1.36. The van der Waals surface area contributed by atoms with E-state index in [-0.39, 0.29) is 18.1 Å². The first-order chi connectivity index (χ1) is 18.8. The summed E-state index contributed by atoms with van der Waals surface area (Å²) in [4.78, 5) is 28.6. The molecule has 0 aliphatic carbocycles. The zero-order chi connectivity index (χ0) is 29.1.